The van der Waals surface area contributed by atoms with E-state index in [9.17, 15) is 0 Å². The fourth-order valence-corrected chi connectivity index (χ4v) is 5.41. The first-order valence-corrected chi connectivity index (χ1v) is 21.1. The van der Waals surface area contributed by atoms with Crippen LogP contribution in [0.1, 0.15) is 90.4 Å². The smallest absolute Gasteiger partial charge is 0.0704 e. The highest BCUT2D eigenvalue weighted by molar-refractivity contribution is 4.67. The van der Waals surface area contributed by atoms with Crippen LogP contribution in [0.2, 0.25) is 0 Å². The number of ether oxygens (including phenoxy) is 12. The molecule has 0 bridgehead atoms. The van der Waals surface area contributed by atoms with Crippen LogP contribution in [0.4, 0.5) is 0 Å². The third kappa shape index (κ3) is 42.5. The number of nitrogens with one attached hydrogen (secondary N) is 1. The van der Waals surface area contributed by atoms with Crippen molar-refractivity contribution in [1.82, 2.24) is 5.32 Å². The van der Waals surface area contributed by atoms with Gasteiger partial charge in [0.1, 0.15) is 0 Å². The van der Waals surface area contributed by atoms with Crippen molar-refractivity contribution in [2.75, 3.05) is 165 Å². The first-order valence-electron chi connectivity index (χ1n) is 21.1. The molecule has 0 radical (unpaired) electrons. The molecule has 1 saturated heterocycles. The zero-order valence-electron chi connectivity index (χ0n) is 33.8. The summed E-state index contributed by atoms with van der Waals surface area (Å²) in [5.74, 6) is 0. The molecule has 1 fully saturated rings. The molecule has 0 aromatic heterocycles. The molecule has 1 aliphatic rings. The van der Waals surface area contributed by atoms with Crippen molar-refractivity contribution in [3.63, 3.8) is 0 Å². The number of rotatable bonds is 46. The van der Waals surface area contributed by atoms with Crippen molar-refractivity contribution >= 4 is 0 Å². The molecule has 13 nitrogen and oxygen atoms in total. The summed E-state index contributed by atoms with van der Waals surface area (Å²) in [5, 5.41) is 3.33. The maximum Gasteiger partial charge on any atom is 0.0704 e. The molecule has 0 aromatic carbocycles. The van der Waals surface area contributed by atoms with E-state index < -0.39 is 0 Å². The zero-order chi connectivity index (χ0) is 37.6. The minimum absolute atomic E-state index is 0.373. The average molecular weight is 768 g/mol. The van der Waals surface area contributed by atoms with Gasteiger partial charge < -0.3 is 62.2 Å². The Bertz CT molecular complexity index is 663. The number of hydrogen-bond acceptors (Lipinski definition) is 13. The van der Waals surface area contributed by atoms with Gasteiger partial charge >= 0.3 is 0 Å². The third-order valence-electron chi connectivity index (χ3n) is 8.48. The van der Waals surface area contributed by atoms with Crippen LogP contribution in [0.15, 0.2) is 0 Å². The monoisotopic (exact) mass is 768 g/mol. The van der Waals surface area contributed by atoms with Crippen molar-refractivity contribution in [2.24, 2.45) is 0 Å². The summed E-state index contributed by atoms with van der Waals surface area (Å²) >= 11 is 0. The molecular formula is C40H81NO12. The first kappa shape index (κ1) is 50.5. The molecule has 0 spiro atoms. The van der Waals surface area contributed by atoms with Gasteiger partial charge in [0.25, 0.3) is 0 Å². The second kappa shape index (κ2) is 45.9. The number of piperidine rings is 1. The van der Waals surface area contributed by atoms with Crippen LogP contribution in [-0.2, 0) is 56.8 Å². The van der Waals surface area contributed by atoms with Crippen LogP contribution < -0.4 is 5.32 Å². The average Bonchev–Trinajstić information content (AvgIpc) is 3.18. The molecule has 0 unspecified atom stereocenters. The summed E-state index contributed by atoms with van der Waals surface area (Å²) in [7, 11) is 0. The van der Waals surface area contributed by atoms with Crippen LogP contribution >= 0.6 is 0 Å². The highest BCUT2D eigenvalue weighted by Crippen LogP contribution is 2.11. The van der Waals surface area contributed by atoms with Gasteiger partial charge in [-0.2, -0.15) is 0 Å². The van der Waals surface area contributed by atoms with E-state index in [1.165, 1.54) is 64.2 Å². The number of hydrogen-bond donors (Lipinski definition) is 1. The van der Waals surface area contributed by atoms with Gasteiger partial charge in [0.2, 0.25) is 0 Å². The molecule has 1 aliphatic heterocycles. The van der Waals surface area contributed by atoms with Crippen LogP contribution in [0, 0.1) is 0 Å². The normalized spacial score (nSPS) is 13.8. The Morgan fingerprint density at radius 2 is 0.547 bits per heavy atom. The third-order valence-corrected chi connectivity index (χ3v) is 8.48. The lowest BCUT2D eigenvalue weighted by Crippen LogP contribution is -2.33. The van der Waals surface area contributed by atoms with Gasteiger partial charge in [-0.25, -0.2) is 0 Å². The second-order valence-electron chi connectivity index (χ2n) is 13.1. The fraction of sp³-hybridized carbons (Fsp3) is 1.00. The molecule has 53 heavy (non-hydrogen) atoms. The van der Waals surface area contributed by atoms with Gasteiger partial charge in [-0.1, -0.05) is 71.1 Å². The highest BCUT2D eigenvalue weighted by atomic mass is 16.6. The van der Waals surface area contributed by atoms with Gasteiger partial charge in [-0.3, -0.25) is 0 Å². The second-order valence-corrected chi connectivity index (χ2v) is 13.1. The Labute approximate surface area is 323 Å². The van der Waals surface area contributed by atoms with Crippen molar-refractivity contribution in [2.45, 2.75) is 96.5 Å². The van der Waals surface area contributed by atoms with Gasteiger partial charge in [0, 0.05) is 6.61 Å². The van der Waals surface area contributed by atoms with Gasteiger partial charge in [0.05, 0.1) is 151 Å². The van der Waals surface area contributed by atoms with E-state index in [2.05, 4.69) is 12.2 Å². The zero-order valence-corrected chi connectivity index (χ0v) is 33.8. The molecule has 1 rings (SSSR count). The minimum Gasteiger partial charge on any atom is -0.379 e. The summed E-state index contributed by atoms with van der Waals surface area (Å²) in [5.41, 5.74) is 0. The van der Waals surface area contributed by atoms with Gasteiger partial charge in [-0.05, 0) is 32.4 Å². The fourth-order valence-electron chi connectivity index (χ4n) is 5.41. The van der Waals surface area contributed by atoms with E-state index in [0.717, 1.165) is 39.0 Å². The SMILES string of the molecule is CCCCCCCCCCCCCOCCOCCOCCOCCOCCOCCOCCOCCOCCOCCOCCOC1CCNCC1. The highest BCUT2D eigenvalue weighted by Gasteiger charge is 2.12. The maximum atomic E-state index is 5.80. The summed E-state index contributed by atoms with van der Waals surface area (Å²) in [4.78, 5) is 0. The van der Waals surface area contributed by atoms with E-state index in [-0.39, 0.29) is 0 Å². The van der Waals surface area contributed by atoms with Crippen molar-refractivity contribution in [1.29, 1.82) is 0 Å². The Hall–Kier alpha value is -0.520. The predicted octanol–water partition coefficient (Wildman–Crippen LogP) is 5.25. The van der Waals surface area contributed by atoms with Crippen molar-refractivity contribution < 1.29 is 56.8 Å². The molecule has 0 amide bonds. The number of unbranched alkanes of at least 4 members (excludes halogenated alkanes) is 10. The van der Waals surface area contributed by atoms with Gasteiger partial charge in [-0.15, -0.1) is 0 Å². The Morgan fingerprint density at radius 1 is 0.302 bits per heavy atom. The minimum atomic E-state index is 0.373. The van der Waals surface area contributed by atoms with Crippen LogP contribution in [-0.4, -0.2) is 171 Å². The first-order chi connectivity index (χ1) is 26.4. The predicted molar refractivity (Wildman–Crippen MR) is 207 cm³/mol. The van der Waals surface area contributed by atoms with E-state index in [4.69, 9.17) is 56.8 Å². The summed E-state index contributed by atoms with van der Waals surface area (Å²) < 4.78 is 66.7. The topological polar surface area (TPSA) is 123 Å². The Morgan fingerprint density at radius 3 is 0.849 bits per heavy atom. The van der Waals surface area contributed by atoms with E-state index in [1.54, 1.807) is 0 Å². The molecule has 0 aliphatic carbocycles. The van der Waals surface area contributed by atoms with E-state index in [0.29, 0.717) is 151 Å². The van der Waals surface area contributed by atoms with E-state index in [1.807, 2.05) is 0 Å². The molecule has 1 N–H and O–H groups in total. The summed E-state index contributed by atoms with van der Waals surface area (Å²) in [6.45, 7) is 17.4. The molecule has 0 aromatic rings. The molecule has 13 heteroatoms. The lowest BCUT2D eigenvalue weighted by Gasteiger charge is -2.22. The molecule has 318 valence electrons. The largest absolute Gasteiger partial charge is 0.379 e. The lowest BCUT2D eigenvalue weighted by atomic mass is 10.1. The quantitative estimate of drug-likeness (QED) is 0.0813. The van der Waals surface area contributed by atoms with Crippen LogP contribution in [0.5, 0.6) is 0 Å². The van der Waals surface area contributed by atoms with Crippen molar-refractivity contribution in [3.8, 4) is 0 Å². The van der Waals surface area contributed by atoms with Crippen LogP contribution in [0.3, 0.4) is 0 Å². The molecule has 0 saturated carbocycles. The lowest BCUT2D eigenvalue weighted by molar-refractivity contribution is -0.0326. The maximum absolute atomic E-state index is 5.80. The molecular weight excluding hydrogens is 686 g/mol. The molecule has 1 heterocycles. The van der Waals surface area contributed by atoms with E-state index >= 15 is 0 Å². The Kier molecular flexibility index (Phi) is 43.7. The van der Waals surface area contributed by atoms with Gasteiger partial charge in [0.15, 0.2) is 0 Å². The summed E-state index contributed by atoms with van der Waals surface area (Å²) in [6.07, 6.45) is 17.4. The standard InChI is InChI=1S/C40H81NO12/c1-2-3-4-5-6-7-8-9-10-11-12-17-42-18-19-43-20-21-44-22-23-45-24-25-46-26-27-47-28-29-48-30-31-49-32-33-50-34-35-51-36-37-52-38-39-53-40-13-15-41-16-14-40/h40-41H,2-39H2,1H3. The summed E-state index contributed by atoms with van der Waals surface area (Å²) in [6, 6.07) is 0. The van der Waals surface area contributed by atoms with Crippen molar-refractivity contribution in [3.05, 3.63) is 0 Å². The van der Waals surface area contributed by atoms with Crippen LogP contribution in [0.25, 0.3) is 0 Å². The Balaban J connectivity index is 1.59. The molecule has 0 atom stereocenters.